The summed E-state index contributed by atoms with van der Waals surface area (Å²) in [4.78, 5) is 19.4. The molecule has 4 nitrogen and oxygen atoms in total. The molecule has 2 heterocycles. The van der Waals surface area contributed by atoms with Crippen molar-refractivity contribution in [3.05, 3.63) is 64.5 Å². The van der Waals surface area contributed by atoms with Crippen LogP contribution in [0.15, 0.2) is 53.9 Å². The van der Waals surface area contributed by atoms with Crippen molar-refractivity contribution in [3.8, 4) is 17.0 Å². The van der Waals surface area contributed by atoms with Gasteiger partial charge in [0, 0.05) is 23.9 Å². The fraction of sp³-hybridized carbons (Fsp3) is 0.333. The number of carbonyl (C=O) groups is 1. The van der Waals surface area contributed by atoms with Crippen LogP contribution in [0.25, 0.3) is 11.3 Å². The van der Waals surface area contributed by atoms with Crippen LogP contribution >= 0.6 is 11.3 Å². The zero-order valence-corrected chi connectivity index (χ0v) is 17.7. The Morgan fingerprint density at radius 3 is 2.76 bits per heavy atom. The normalized spacial score (nSPS) is 15.9. The van der Waals surface area contributed by atoms with Gasteiger partial charge in [-0.3, -0.25) is 4.79 Å². The van der Waals surface area contributed by atoms with Gasteiger partial charge in [0.15, 0.2) is 6.10 Å². The summed E-state index contributed by atoms with van der Waals surface area (Å²) in [6.45, 7) is 4.72. The van der Waals surface area contributed by atoms with Gasteiger partial charge in [-0.2, -0.15) is 0 Å². The molecule has 0 spiro atoms. The first-order valence-electron chi connectivity index (χ1n) is 10.3. The van der Waals surface area contributed by atoms with Gasteiger partial charge in [-0.15, -0.1) is 11.3 Å². The van der Waals surface area contributed by atoms with Crippen LogP contribution in [-0.4, -0.2) is 23.5 Å². The minimum Gasteiger partial charge on any atom is -0.479 e. The highest BCUT2D eigenvalue weighted by Gasteiger charge is 2.31. The van der Waals surface area contributed by atoms with Gasteiger partial charge < -0.3 is 9.64 Å². The molecule has 0 bridgehead atoms. The minimum atomic E-state index is -0.438. The number of benzene rings is 2. The Morgan fingerprint density at radius 1 is 1.14 bits per heavy atom. The topological polar surface area (TPSA) is 42.4 Å². The Bertz CT molecular complexity index is 984. The average Bonchev–Trinajstić information content (AvgIpc) is 3.20. The van der Waals surface area contributed by atoms with Gasteiger partial charge in [-0.1, -0.05) is 50.1 Å². The molecule has 0 saturated heterocycles. The van der Waals surface area contributed by atoms with Gasteiger partial charge in [-0.25, -0.2) is 4.98 Å². The second kappa shape index (κ2) is 8.78. The van der Waals surface area contributed by atoms with Crippen molar-refractivity contribution in [2.45, 2.75) is 45.6 Å². The lowest BCUT2D eigenvalue weighted by Crippen LogP contribution is -2.44. The highest BCUT2D eigenvalue weighted by atomic mass is 32.1. The van der Waals surface area contributed by atoms with Crippen LogP contribution in [-0.2, 0) is 11.2 Å². The van der Waals surface area contributed by atoms with Crippen molar-refractivity contribution < 1.29 is 9.53 Å². The van der Waals surface area contributed by atoms with Gasteiger partial charge in [0.2, 0.25) is 0 Å². The third kappa shape index (κ3) is 4.35. The number of nitrogens with zero attached hydrogens (tertiary/aromatic N) is 2. The van der Waals surface area contributed by atoms with Crippen molar-refractivity contribution >= 4 is 22.9 Å². The van der Waals surface area contributed by atoms with E-state index in [0.29, 0.717) is 0 Å². The van der Waals surface area contributed by atoms with E-state index in [1.54, 1.807) is 11.3 Å². The van der Waals surface area contributed by atoms with Crippen LogP contribution in [0.4, 0.5) is 5.69 Å². The number of hydrogen-bond donors (Lipinski definition) is 0. The SMILES string of the molecule is CCCCCN1C(=O)C(C)Oc2ccc(-c3csc(Cc4ccccc4)n3)cc21. The van der Waals surface area contributed by atoms with E-state index in [2.05, 4.69) is 36.6 Å². The zero-order chi connectivity index (χ0) is 20.2. The van der Waals surface area contributed by atoms with Crippen LogP contribution < -0.4 is 9.64 Å². The lowest BCUT2D eigenvalue weighted by molar-refractivity contribution is -0.125. The molecule has 1 unspecified atom stereocenters. The summed E-state index contributed by atoms with van der Waals surface area (Å²) in [6, 6.07) is 16.4. The number of rotatable bonds is 7. The number of hydrogen-bond acceptors (Lipinski definition) is 4. The molecule has 1 aliphatic rings. The van der Waals surface area contributed by atoms with Crippen LogP contribution in [0.3, 0.4) is 0 Å². The van der Waals surface area contributed by atoms with Crippen molar-refractivity contribution in [1.29, 1.82) is 0 Å². The van der Waals surface area contributed by atoms with Crippen LogP contribution in [0.2, 0.25) is 0 Å². The first-order chi connectivity index (χ1) is 14.2. The Hall–Kier alpha value is -2.66. The maximum atomic E-state index is 12.7. The van der Waals surface area contributed by atoms with Crippen LogP contribution in [0.5, 0.6) is 5.75 Å². The van der Waals surface area contributed by atoms with Crippen molar-refractivity contribution in [2.75, 3.05) is 11.4 Å². The molecule has 29 heavy (non-hydrogen) atoms. The summed E-state index contributed by atoms with van der Waals surface area (Å²) in [5.74, 6) is 0.811. The molecule has 5 heteroatoms. The Kier molecular flexibility index (Phi) is 5.95. The number of amides is 1. The molecule has 3 aromatic rings. The molecule has 0 fully saturated rings. The molecule has 2 aromatic carbocycles. The van der Waals surface area contributed by atoms with Crippen molar-refractivity contribution in [1.82, 2.24) is 4.98 Å². The lowest BCUT2D eigenvalue weighted by Gasteiger charge is -2.33. The summed E-state index contributed by atoms with van der Waals surface area (Å²) < 4.78 is 5.85. The maximum absolute atomic E-state index is 12.7. The molecule has 1 amide bonds. The smallest absolute Gasteiger partial charge is 0.267 e. The fourth-order valence-corrected chi connectivity index (χ4v) is 4.45. The van der Waals surface area contributed by atoms with Crippen LogP contribution in [0, 0.1) is 0 Å². The largest absolute Gasteiger partial charge is 0.479 e. The van der Waals surface area contributed by atoms with Gasteiger partial charge >= 0.3 is 0 Å². The van der Waals surface area contributed by atoms with E-state index in [1.807, 2.05) is 36.1 Å². The number of carbonyl (C=O) groups excluding carboxylic acids is 1. The van der Waals surface area contributed by atoms with Gasteiger partial charge in [-0.05, 0) is 37.1 Å². The first-order valence-corrected chi connectivity index (χ1v) is 11.1. The number of anilines is 1. The highest BCUT2D eigenvalue weighted by Crippen LogP contribution is 2.38. The summed E-state index contributed by atoms with van der Waals surface area (Å²) in [6.07, 6.45) is 3.63. The van der Waals surface area contributed by atoms with E-state index in [1.165, 1.54) is 5.56 Å². The molecule has 4 rings (SSSR count). The molecular weight excluding hydrogens is 380 g/mol. The Morgan fingerprint density at radius 2 is 1.97 bits per heavy atom. The highest BCUT2D eigenvalue weighted by molar-refractivity contribution is 7.10. The number of unbranched alkanes of at least 4 members (excludes halogenated alkanes) is 2. The van der Waals surface area contributed by atoms with Gasteiger partial charge in [0.05, 0.1) is 16.4 Å². The zero-order valence-electron chi connectivity index (χ0n) is 16.9. The molecule has 1 aliphatic heterocycles. The van der Waals surface area contributed by atoms with E-state index >= 15 is 0 Å². The minimum absolute atomic E-state index is 0.0359. The summed E-state index contributed by atoms with van der Waals surface area (Å²) in [5.41, 5.74) is 4.09. The van der Waals surface area contributed by atoms with E-state index in [-0.39, 0.29) is 5.91 Å². The molecule has 0 radical (unpaired) electrons. The number of ether oxygens (including phenoxy) is 1. The molecule has 0 aliphatic carbocycles. The molecule has 150 valence electrons. The molecule has 0 N–H and O–H groups in total. The van der Waals surface area contributed by atoms with Gasteiger partial charge in [0.1, 0.15) is 5.75 Å². The van der Waals surface area contributed by atoms with Gasteiger partial charge in [0.25, 0.3) is 5.91 Å². The standard InChI is InChI=1S/C24H26N2O2S/c1-3-4-8-13-26-21-15-19(11-12-22(21)28-17(2)24(26)27)20-16-29-23(25-20)14-18-9-6-5-7-10-18/h5-7,9-12,15-17H,3-4,8,13-14H2,1-2H3. The van der Waals surface area contributed by atoms with Crippen molar-refractivity contribution in [2.24, 2.45) is 0 Å². The second-order valence-corrected chi connectivity index (χ2v) is 8.37. The van der Waals surface area contributed by atoms with E-state index in [4.69, 9.17) is 9.72 Å². The third-order valence-corrected chi connectivity index (χ3v) is 6.05. The average molecular weight is 407 g/mol. The van der Waals surface area contributed by atoms with Crippen LogP contribution in [0.1, 0.15) is 43.7 Å². The third-order valence-electron chi connectivity index (χ3n) is 5.20. The lowest BCUT2D eigenvalue weighted by atomic mass is 10.1. The Labute approximate surface area is 176 Å². The van der Waals surface area contributed by atoms with Crippen molar-refractivity contribution in [3.63, 3.8) is 0 Å². The number of fused-ring (bicyclic) bond motifs is 1. The molecular formula is C24H26N2O2S. The molecule has 1 atom stereocenters. The quantitative estimate of drug-likeness (QED) is 0.472. The van der Waals surface area contributed by atoms with E-state index in [9.17, 15) is 4.79 Å². The van der Waals surface area contributed by atoms with E-state index < -0.39 is 6.10 Å². The summed E-state index contributed by atoms with van der Waals surface area (Å²) in [5, 5.41) is 3.18. The number of thiazole rings is 1. The summed E-state index contributed by atoms with van der Waals surface area (Å²) >= 11 is 1.67. The molecule has 0 saturated carbocycles. The van der Waals surface area contributed by atoms with E-state index in [0.717, 1.165) is 59.9 Å². The monoisotopic (exact) mass is 406 g/mol. The number of aromatic nitrogens is 1. The fourth-order valence-electron chi connectivity index (χ4n) is 3.61. The maximum Gasteiger partial charge on any atom is 0.267 e. The second-order valence-electron chi connectivity index (χ2n) is 7.43. The molecule has 1 aromatic heterocycles. The predicted molar refractivity (Wildman–Crippen MR) is 119 cm³/mol. The predicted octanol–water partition coefficient (Wildman–Crippen LogP) is 5.71. The summed E-state index contributed by atoms with van der Waals surface area (Å²) in [7, 11) is 0. The first kappa shape index (κ1) is 19.6. The Balaban J connectivity index is 1.59.